The van der Waals surface area contributed by atoms with Crippen LogP contribution in [0.4, 0.5) is 0 Å². The van der Waals surface area contributed by atoms with Gasteiger partial charge in [0, 0.05) is 18.6 Å². The van der Waals surface area contributed by atoms with Crippen molar-refractivity contribution in [2.75, 3.05) is 26.7 Å². The molecule has 4 nitrogen and oxygen atoms in total. The van der Waals surface area contributed by atoms with Crippen LogP contribution in [0.15, 0.2) is 0 Å². The van der Waals surface area contributed by atoms with Crippen LogP contribution < -0.4 is 11.1 Å². The van der Waals surface area contributed by atoms with Gasteiger partial charge < -0.3 is 16.0 Å². The van der Waals surface area contributed by atoms with Crippen LogP contribution in [0.1, 0.15) is 34.6 Å². The zero-order valence-electron chi connectivity index (χ0n) is 11.6. The van der Waals surface area contributed by atoms with E-state index in [-0.39, 0.29) is 5.91 Å². The highest BCUT2D eigenvalue weighted by molar-refractivity contribution is 5.83. The molecule has 0 saturated heterocycles. The average Bonchev–Trinajstić information content (AvgIpc) is 2.15. The van der Waals surface area contributed by atoms with Gasteiger partial charge in [0.15, 0.2) is 0 Å². The van der Waals surface area contributed by atoms with Crippen LogP contribution in [-0.2, 0) is 4.79 Å². The Morgan fingerprint density at radius 3 is 2.19 bits per heavy atom. The highest BCUT2D eigenvalue weighted by Crippen LogP contribution is 2.28. The molecule has 0 saturated carbocycles. The van der Waals surface area contributed by atoms with Gasteiger partial charge >= 0.3 is 0 Å². The number of carbonyl (C=O) groups is 1. The summed E-state index contributed by atoms with van der Waals surface area (Å²) in [6, 6.07) is 0. The van der Waals surface area contributed by atoms with E-state index in [1.807, 2.05) is 34.7 Å². The molecule has 0 bridgehead atoms. The number of nitrogens with zero attached hydrogens (tertiary/aromatic N) is 1. The molecule has 16 heavy (non-hydrogen) atoms. The lowest BCUT2D eigenvalue weighted by atomic mass is 9.74. The van der Waals surface area contributed by atoms with Crippen molar-refractivity contribution in [3.63, 3.8) is 0 Å². The van der Waals surface area contributed by atoms with Crippen molar-refractivity contribution in [3.8, 4) is 0 Å². The van der Waals surface area contributed by atoms with E-state index in [4.69, 9.17) is 5.73 Å². The van der Waals surface area contributed by atoms with Gasteiger partial charge in [-0.25, -0.2) is 0 Å². The number of carbonyl (C=O) groups excluding carboxylic acids is 1. The minimum absolute atomic E-state index is 0.0181. The van der Waals surface area contributed by atoms with E-state index in [1.54, 1.807) is 0 Å². The molecule has 0 aromatic carbocycles. The summed E-state index contributed by atoms with van der Waals surface area (Å²) in [5, 5.41) is 2.93. The molecule has 0 atom stereocenters. The van der Waals surface area contributed by atoms with Crippen molar-refractivity contribution in [2.24, 2.45) is 11.1 Å². The summed E-state index contributed by atoms with van der Waals surface area (Å²) in [6.45, 7) is 12.1. The van der Waals surface area contributed by atoms with Gasteiger partial charge in [-0.05, 0) is 41.3 Å². The minimum Gasteiger partial charge on any atom is -0.354 e. The summed E-state index contributed by atoms with van der Waals surface area (Å²) >= 11 is 0. The zero-order chi connectivity index (χ0) is 13.0. The lowest BCUT2D eigenvalue weighted by Crippen LogP contribution is -2.56. The lowest BCUT2D eigenvalue weighted by Gasteiger charge is -2.37. The van der Waals surface area contributed by atoms with E-state index < -0.39 is 11.0 Å². The van der Waals surface area contributed by atoms with Crippen LogP contribution in [0.3, 0.4) is 0 Å². The normalized spacial score (nSPS) is 13.0. The lowest BCUT2D eigenvalue weighted by molar-refractivity contribution is -0.132. The molecule has 0 radical (unpaired) electrons. The molecule has 0 aromatic heterocycles. The van der Waals surface area contributed by atoms with Crippen LogP contribution in [-0.4, -0.2) is 43.0 Å². The molecular formula is C12H27N3O. The molecule has 0 fully saturated rings. The fraction of sp³-hybridized carbons (Fsp3) is 0.917. The number of rotatable bonds is 6. The third-order valence-corrected chi connectivity index (χ3v) is 3.50. The number of likely N-dealkylation sites (N-methyl/N-ethyl adjacent to an activating group) is 1. The maximum absolute atomic E-state index is 12.0. The van der Waals surface area contributed by atoms with Crippen LogP contribution in [0.25, 0.3) is 0 Å². The van der Waals surface area contributed by atoms with Crippen LogP contribution in [0, 0.1) is 5.41 Å². The minimum atomic E-state index is -0.558. The maximum Gasteiger partial charge on any atom is 0.227 e. The van der Waals surface area contributed by atoms with Crippen molar-refractivity contribution < 1.29 is 4.79 Å². The topological polar surface area (TPSA) is 58.4 Å². The monoisotopic (exact) mass is 229 g/mol. The highest BCUT2D eigenvalue weighted by Gasteiger charge is 2.40. The van der Waals surface area contributed by atoms with E-state index in [0.29, 0.717) is 6.54 Å². The van der Waals surface area contributed by atoms with E-state index in [1.165, 1.54) is 0 Å². The van der Waals surface area contributed by atoms with E-state index in [2.05, 4.69) is 17.1 Å². The van der Waals surface area contributed by atoms with Crippen molar-refractivity contribution >= 4 is 5.91 Å². The van der Waals surface area contributed by atoms with Crippen molar-refractivity contribution in [1.29, 1.82) is 0 Å². The first-order valence-electron chi connectivity index (χ1n) is 5.88. The van der Waals surface area contributed by atoms with Crippen molar-refractivity contribution in [1.82, 2.24) is 10.2 Å². The fourth-order valence-corrected chi connectivity index (χ4v) is 1.03. The molecule has 0 aromatic rings. The molecule has 0 rings (SSSR count). The Bertz CT molecular complexity index is 231. The summed E-state index contributed by atoms with van der Waals surface area (Å²) < 4.78 is 0. The van der Waals surface area contributed by atoms with Gasteiger partial charge in [0.25, 0.3) is 0 Å². The van der Waals surface area contributed by atoms with Crippen LogP contribution in [0.2, 0.25) is 0 Å². The Balaban J connectivity index is 4.17. The maximum atomic E-state index is 12.0. The zero-order valence-corrected chi connectivity index (χ0v) is 11.6. The second-order valence-corrected chi connectivity index (χ2v) is 5.50. The molecule has 4 heteroatoms. The van der Waals surface area contributed by atoms with Gasteiger partial charge in [0.05, 0.1) is 5.41 Å². The first kappa shape index (κ1) is 15.4. The predicted molar refractivity (Wildman–Crippen MR) is 68.2 cm³/mol. The smallest absolute Gasteiger partial charge is 0.227 e. The highest BCUT2D eigenvalue weighted by atomic mass is 16.2. The molecule has 96 valence electrons. The number of hydrogen-bond acceptors (Lipinski definition) is 3. The van der Waals surface area contributed by atoms with Gasteiger partial charge in [-0.3, -0.25) is 4.79 Å². The Morgan fingerprint density at radius 2 is 1.81 bits per heavy atom. The Morgan fingerprint density at radius 1 is 1.31 bits per heavy atom. The summed E-state index contributed by atoms with van der Waals surface area (Å²) in [7, 11) is 2.03. The molecule has 0 aliphatic carbocycles. The molecule has 0 heterocycles. The fourth-order valence-electron chi connectivity index (χ4n) is 1.03. The Kier molecular flexibility index (Phi) is 5.42. The summed E-state index contributed by atoms with van der Waals surface area (Å²) in [5.41, 5.74) is 4.92. The van der Waals surface area contributed by atoms with Gasteiger partial charge in [-0.1, -0.05) is 6.92 Å². The first-order valence-corrected chi connectivity index (χ1v) is 5.88. The second kappa shape index (κ2) is 5.64. The van der Waals surface area contributed by atoms with Gasteiger partial charge in [-0.15, -0.1) is 0 Å². The van der Waals surface area contributed by atoms with E-state index in [9.17, 15) is 4.79 Å². The number of nitrogens with two attached hydrogens (primary N) is 1. The molecule has 0 spiro atoms. The number of amides is 1. The number of nitrogens with one attached hydrogen (secondary N) is 1. The second-order valence-electron chi connectivity index (χ2n) is 5.50. The SMILES string of the molecule is CCN(C)CCNC(=O)C(C)(C)C(C)(C)N. The van der Waals surface area contributed by atoms with Gasteiger partial charge in [0.2, 0.25) is 5.91 Å². The Labute approximate surface area is 99.6 Å². The standard InChI is InChI=1S/C12H27N3O/c1-7-15(6)9-8-14-10(16)11(2,3)12(4,5)13/h7-9,13H2,1-6H3,(H,14,16). The van der Waals surface area contributed by atoms with Gasteiger partial charge in [-0.2, -0.15) is 0 Å². The van der Waals surface area contributed by atoms with Crippen molar-refractivity contribution in [2.45, 2.75) is 40.2 Å². The van der Waals surface area contributed by atoms with E-state index in [0.717, 1.165) is 13.1 Å². The summed E-state index contributed by atoms with van der Waals surface area (Å²) in [6.07, 6.45) is 0. The van der Waals surface area contributed by atoms with Crippen molar-refractivity contribution in [3.05, 3.63) is 0 Å². The Hall–Kier alpha value is -0.610. The molecule has 0 aliphatic rings. The molecular weight excluding hydrogens is 202 g/mol. The molecule has 1 amide bonds. The molecule has 3 N–H and O–H groups in total. The summed E-state index contributed by atoms with van der Waals surface area (Å²) in [4.78, 5) is 14.1. The largest absolute Gasteiger partial charge is 0.354 e. The van der Waals surface area contributed by atoms with Crippen LogP contribution in [0.5, 0.6) is 0 Å². The summed E-state index contributed by atoms with van der Waals surface area (Å²) in [5.74, 6) is 0.0181. The molecule has 0 unspecified atom stereocenters. The molecule has 0 aliphatic heterocycles. The third kappa shape index (κ3) is 4.10. The first-order chi connectivity index (χ1) is 7.13. The number of hydrogen-bond donors (Lipinski definition) is 2. The third-order valence-electron chi connectivity index (χ3n) is 3.50. The van der Waals surface area contributed by atoms with E-state index >= 15 is 0 Å². The van der Waals surface area contributed by atoms with Crippen LogP contribution >= 0.6 is 0 Å². The quantitative estimate of drug-likeness (QED) is 0.709. The average molecular weight is 229 g/mol. The van der Waals surface area contributed by atoms with Gasteiger partial charge in [0.1, 0.15) is 0 Å². The predicted octanol–water partition coefficient (Wildman–Crippen LogP) is 0.818.